The molecule has 1 N–H and O–H groups in total. The predicted octanol–water partition coefficient (Wildman–Crippen LogP) is -0.374. The average molecular weight is 263 g/mol. The third-order valence-corrected chi connectivity index (χ3v) is 3.62. The van der Waals surface area contributed by atoms with Crippen LogP contribution in [0.25, 0.3) is 0 Å². The van der Waals surface area contributed by atoms with Gasteiger partial charge in [0.1, 0.15) is 5.82 Å². The molecule has 0 unspecified atom stereocenters. The molecule has 1 rings (SSSR count). The van der Waals surface area contributed by atoms with Crippen molar-refractivity contribution in [2.24, 2.45) is 7.05 Å². The molecular weight excluding hydrogens is 246 g/mol. The van der Waals surface area contributed by atoms with E-state index in [1.165, 1.54) is 20.4 Å². The third-order valence-electron chi connectivity index (χ3n) is 2.33. The zero-order valence-electron chi connectivity index (χ0n) is 10.3. The zero-order chi connectivity index (χ0) is 13.1. The van der Waals surface area contributed by atoms with E-state index in [2.05, 4.69) is 9.71 Å². The summed E-state index contributed by atoms with van der Waals surface area (Å²) in [5, 5.41) is -0.0107. The number of methoxy groups -OCH3 is 2. The minimum Gasteiger partial charge on any atom is -0.355 e. The molecular formula is C9H17N3O4S. The molecule has 8 heteroatoms. The molecule has 0 aliphatic rings. The summed E-state index contributed by atoms with van der Waals surface area (Å²) in [5.41, 5.74) is 0. The molecule has 17 heavy (non-hydrogen) atoms. The molecule has 1 aromatic rings. The fraction of sp³-hybridized carbons (Fsp3) is 0.667. The molecule has 0 spiro atoms. The van der Waals surface area contributed by atoms with Gasteiger partial charge in [-0.05, 0) is 6.92 Å². The van der Waals surface area contributed by atoms with Gasteiger partial charge in [0, 0.05) is 27.5 Å². The maximum atomic E-state index is 11.8. The Morgan fingerprint density at radius 2 is 2.06 bits per heavy atom. The van der Waals surface area contributed by atoms with Crippen molar-refractivity contribution in [3.8, 4) is 0 Å². The Kier molecular flexibility index (Phi) is 4.63. The van der Waals surface area contributed by atoms with Gasteiger partial charge < -0.3 is 14.0 Å². The van der Waals surface area contributed by atoms with Gasteiger partial charge in [-0.1, -0.05) is 0 Å². The van der Waals surface area contributed by atoms with E-state index in [9.17, 15) is 8.42 Å². The Morgan fingerprint density at radius 1 is 1.47 bits per heavy atom. The molecule has 1 heterocycles. The first-order chi connectivity index (χ1) is 7.90. The number of aromatic nitrogens is 2. The van der Waals surface area contributed by atoms with Gasteiger partial charge in [-0.2, -0.15) is 0 Å². The van der Waals surface area contributed by atoms with Crippen molar-refractivity contribution in [2.45, 2.75) is 18.2 Å². The number of imidazole rings is 1. The number of nitrogens with one attached hydrogen (secondary N) is 1. The van der Waals surface area contributed by atoms with E-state index in [0.717, 1.165) is 0 Å². The summed E-state index contributed by atoms with van der Waals surface area (Å²) in [5.74, 6) is 0.625. The Morgan fingerprint density at radius 3 is 2.47 bits per heavy atom. The van der Waals surface area contributed by atoms with Crippen LogP contribution >= 0.6 is 0 Å². The highest BCUT2D eigenvalue weighted by Gasteiger charge is 2.19. The summed E-state index contributed by atoms with van der Waals surface area (Å²) in [6.07, 6.45) is 0.835. The lowest BCUT2D eigenvalue weighted by atomic mass is 10.6. The van der Waals surface area contributed by atoms with Crippen LogP contribution in [0.3, 0.4) is 0 Å². The predicted molar refractivity (Wildman–Crippen MR) is 60.9 cm³/mol. The Hall–Kier alpha value is -0.960. The summed E-state index contributed by atoms with van der Waals surface area (Å²) in [4.78, 5) is 3.94. The van der Waals surface area contributed by atoms with Crippen LogP contribution in [0, 0.1) is 6.92 Å². The highest BCUT2D eigenvalue weighted by Crippen LogP contribution is 2.07. The maximum absolute atomic E-state index is 11.8. The highest BCUT2D eigenvalue weighted by atomic mass is 32.2. The van der Waals surface area contributed by atoms with Gasteiger partial charge in [0.25, 0.3) is 10.0 Å². The van der Waals surface area contributed by atoms with E-state index in [4.69, 9.17) is 9.47 Å². The topological polar surface area (TPSA) is 82.5 Å². The Bertz CT molecular complexity index is 445. The van der Waals surface area contributed by atoms with E-state index in [0.29, 0.717) is 5.82 Å². The van der Waals surface area contributed by atoms with Crippen LogP contribution in [0.2, 0.25) is 0 Å². The van der Waals surface area contributed by atoms with Crippen molar-refractivity contribution < 1.29 is 17.9 Å². The second-order valence-electron chi connectivity index (χ2n) is 3.49. The zero-order valence-corrected chi connectivity index (χ0v) is 11.1. The van der Waals surface area contributed by atoms with Crippen molar-refractivity contribution in [3.05, 3.63) is 12.0 Å². The SMILES string of the molecule is COC(CNS(=O)(=O)c1cn(C)c(C)n1)OC. The van der Waals surface area contributed by atoms with E-state index in [-0.39, 0.29) is 11.6 Å². The van der Waals surface area contributed by atoms with Crippen LogP contribution in [0.1, 0.15) is 5.82 Å². The van der Waals surface area contributed by atoms with Gasteiger partial charge in [0.05, 0.1) is 6.54 Å². The monoisotopic (exact) mass is 263 g/mol. The molecule has 98 valence electrons. The molecule has 0 aliphatic carbocycles. The Balaban J connectivity index is 2.75. The molecule has 7 nitrogen and oxygen atoms in total. The highest BCUT2D eigenvalue weighted by molar-refractivity contribution is 7.89. The first-order valence-corrected chi connectivity index (χ1v) is 6.44. The van der Waals surface area contributed by atoms with Crippen molar-refractivity contribution in [3.63, 3.8) is 0 Å². The van der Waals surface area contributed by atoms with Crippen LogP contribution in [0.5, 0.6) is 0 Å². The van der Waals surface area contributed by atoms with Crippen LogP contribution in [-0.4, -0.2) is 45.0 Å². The normalized spacial score (nSPS) is 12.3. The molecule has 0 radical (unpaired) electrons. The molecule has 0 bridgehead atoms. The average Bonchev–Trinajstić information content (AvgIpc) is 2.61. The molecule has 0 aliphatic heterocycles. The molecule has 0 saturated carbocycles. The van der Waals surface area contributed by atoms with Gasteiger partial charge >= 0.3 is 0 Å². The summed E-state index contributed by atoms with van der Waals surface area (Å²) in [6.45, 7) is 1.76. The van der Waals surface area contributed by atoms with Gasteiger partial charge in [-0.15, -0.1) is 0 Å². The van der Waals surface area contributed by atoms with Crippen LogP contribution in [0.4, 0.5) is 0 Å². The number of nitrogens with zero attached hydrogens (tertiary/aromatic N) is 2. The van der Waals surface area contributed by atoms with E-state index in [1.807, 2.05) is 0 Å². The maximum Gasteiger partial charge on any atom is 0.259 e. The standard InChI is InChI=1S/C9H17N3O4S/c1-7-11-8(6-12(7)2)17(13,14)10-5-9(15-3)16-4/h6,9-10H,5H2,1-4H3. The quantitative estimate of drug-likeness (QED) is 0.708. The van der Waals surface area contributed by atoms with Crippen LogP contribution in [-0.2, 0) is 26.5 Å². The lowest BCUT2D eigenvalue weighted by Gasteiger charge is -2.13. The van der Waals surface area contributed by atoms with Crippen molar-refractivity contribution in [2.75, 3.05) is 20.8 Å². The number of hydrogen-bond donors (Lipinski definition) is 1. The number of aryl methyl sites for hydroxylation is 2. The summed E-state index contributed by atoms with van der Waals surface area (Å²) < 4.78 is 37.4. The number of sulfonamides is 1. The van der Waals surface area contributed by atoms with Crippen LogP contribution in [0.15, 0.2) is 11.2 Å². The Labute approximate surface area is 101 Å². The van der Waals surface area contributed by atoms with E-state index in [1.54, 1.807) is 18.5 Å². The lowest BCUT2D eigenvalue weighted by molar-refractivity contribution is -0.0960. The van der Waals surface area contributed by atoms with Crippen molar-refractivity contribution in [1.29, 1.82) is 0 Å². The second kappa shape index (κ2) is 5.58. The number of hydrogen-bond acceptors (Lipinski definition) is 5. The van der Waals surface area contributed by atoms with E-state index >= 15 is 0 Å². The van der Waals surface area contributed by atoms with Crippen LogP contribution < -0.4 is 4.72 Å². The van der Waals surface area contributed by atoms with Gasteiger partial charge in [0.2, 0.25) is 0 Å². The number of ether oxygens (including phenoxy) is 2. The minimum absolute atomic E-state index is 0.0107. The molecule has 0 atom stereocenters. The molecule has 0 amide bonds. The van der Waals surface area contributed by atoms with E-state index < -0.39 is 16.3 Å². The summed E-state index contributed by atoms with van der Waals surface area (Å²) in [7, 11) is 0.987. The minimum atomic E-state index is -3.62. The number of rotatable bonds is 6. The summed E-state index contributed by atoms with van der Waals surface area (Å²) >= 11 is 0. The van der Waals surface area contributed by atoms with Crippen molar-refractivity contribution >= 4 is 10.0 Å². The summed E-state index contributed by atoms with van der Waals surface area (Å²) in [6, 6.07) is 0. The smallest absolute Gasteiger partial charge is 0.259 e. The van der Waals surface area contributed by atoms with Gasteiger partial charge in [-0.25, -0.2) is 18.1 Å². The van der Waals surface area contributed by atoms with Gasteiger partial charge in [-0.3, -0.25) is 0 Å². The van der Waals surface area contributed by atoms with Crippen molar-refractivity contribution in [1.82, 2.24) is 14.3 Å². The fourth-order valence-corrected chi connectivity index (χ4v) is 2.22. The first kappa shape index (κ1) is 14.1. The molecule has 0 fully saturated rings. The first-order valence-electron chi connectivity index (χ1n) is 4.96. The molecule has 1 aromatic heterocycles. The largest absolute Gasteiger partial charge is 0.355 e. The fourth-order valence-electron chi connectivity index (χ4n) is 1.17. The second-order valence-corrected chi connectivity index (χ2v) is 5.20. The molecule has 0 saturated heterocycles. The third kappa shape index (κ3) is 3.50. The molecule has 0 aromatic carbocycles. The van der Waals surface area contributed by atoms with Gasteiger partial charge in [0.15, 0.2) is 11.3 Å². The lowest BCUT2D eigenvalue weighted by Crippen LogP contribution is -2.34.